The molecule has 0 unspecified atom stereocenters. The van der Waals surface area contributed by atoms with Crippen LogP contribution in [0.5, 0.6) is 0 Å². The summed E-state index contributed by atoms with van der Waals surface area (Å²) in [5.74, 6) is 0. The van der Waals surface area contributed by atoms with Crippen molar-refractivity contribution in [2.45, 2.75) is 44.4 Å². The molecule has 0 spiro atoms. The topological polar surface area (TPSA) is 40.6 Å². The average Bonchev–Trinajstić information content (AvgIpc) is 2.47. The van der Waals surface area contributed by atoms with Crippen LogP contribution in [-0.4, -0.2) is 50.3 Å². The first kappa shape index (κ1) is 17.4. The molecule has 1 heterocycles. The minimum absolute atomic E-state index is 0.0358. The van der Waals surface area contributed by atoms with Gasteiger partial charge in [-0.3, -0.25) is 0 Å². The zero-order valence-corrected chi connectivity index (χ0v) is 15.0. The minimum Gasteiger partial charge on any atom is -0.301 e. The van der Waals surface area contributed by atoms with Gasteiger partial charge in [0.15, 0.2) is 0 Å². The monoisotopic (exact) mass is 324 g/mol. The predicted molar refractivity (Wildman–Crippen MR) is 90.6 cm³/mol. The van der Waals surface area contributed by atoms with E-state index in [9.17, 15) is 8.42 Å². The molecule has 124 valence electrons. The van der Waals surface area contributed by atoms with Gasteiger partial charge in [0.05, 0.1) is 4.90 Å². The van der Waals surface area contributed by atoms with Crippen molar-refractivity contribution in [1.29, 1.82) is 0 Å². The third-order valence-electron chi connectivity index (χ3n) is 4.23. The van der Waals surface area contributed by atoms with Crippen LogP contribution in [0.2, 0.25) is 0 Å². The van der Waals surface area contributed by atoms with Crippen molar-refractivity contribution in [3.8, 4) is 0 Å². The maximum Gasteiger partial charge on any atom is 0.243 e. The second-order valence-electron chi connectivity index (χ2n) is 7.02. The fourth-order valence-electron chi connectivity index (χ4n) is 2.79. The third-order valence-corrected chi connectivity index (χ3v) is 6.14. The van der Waals surface area contributed by atoms with Crippen LogP contribution in [0.3, 0.4) is 0 Å². The molecule has 0 aliphatic carbocycles. The van der Waals surface area contributed by atoms with Crippen molar-refractivity contribution in [3.63, 3.8) is 0 Å². The number of hydrogen-bond acceptors (Lipinski definition) is 3. The Morgan fingerprint density at radius 2 is 1.55 bits per heavy atom. The van der Waals surface area contributed by atoms with Gasteiger partial charge in [-0.15, -0.1) is 0 Å². The molecular weight excluding hydrogens is 296 g/mol. The standard InChI is InChI=1S/C17H28N2O2S/c1-5-10-18-11-13-19(14-12-18)22(20,21)16-8-6-15(7-9-16)17(2,3)4/h6-9H,5,10-14H2,1-4H3. The highest BCUT2D eigenvalue weighted by Gasteiger charge is 2.28. The molecule has 0 N–H and O–H groups in total. The molecule has 0 aromatic heterocycles. The Morgan fingerprint density at radius 1 is 1.00 bits per heavy atom. The van der Waals surface area contributed by atoms with Crippen molar-refractivity contribution in [3.05, 3.63) is 29.8 Å². The Labute approximate surface area is 135 Å². The summed E-state index contributed by atoms with van der Waals surface area (Å²) in [5, 5.41) is 0. The maximum absolute atomic E-state index is 12.7. The molecule has 0 amide bonds. The minimum atomic E-state index is -3.36. The second-order valence-corrected chi connectivity index (χ2v) is 8.96. The summed E-state index contributed by atoms with van der Waals surface area (Å²) in [6.45, 7) is 12.4. The van der Waals surface area contributed by atoms with Gasteiger partial charge in [0.25, 0.3) is 0 Å². The number of sulfonamides is 1. The number of hydrogen-bond donors (Lipinski definition) is 0. The van der Waals surface area contributed by atoms with Gasteiger partial charge < -0.3 is 4.90 Å². The highest BCUT2D eigenvalue weighted by molar-refractivity contribution is 7.89. The number of benzene rings is 1. The SMILES string of the molecule is CCCN1CCN(S(=O)(=O)c2ccc(C(C)(C)C)cc2)CC1. The molecule has 5 heteroatoms. The van der Waals surface area contributed by atoms with E-state index < -0.39 is 10.0 Å². The van der Waals surface area contributed by atoms with Gasteiger partial charge in [-0.1, -0.05) is 39.8 Å². The van der Waals surface area contributed by atoms with Crippen molar-refractivity contribution in [2.75, 3.05) is 32.7 Å². The van der Waals surface area contributed by atoms with Gasteiger partial charge in [-0.25, -0.2) is 8.42 Å². The fourth-order valence-corrected chi connectivity index (χ4v) is 4.21. The lowest BCUT2D eigenvalue weighted by molar-refractivity contribution is 0.188. The van der Waals surface area contributed by atoms with E-state index in [-0.39, 0.29) is 5.41 Å². The van der Waals surface area contributed by atoms with E-state index in [4.69, 9.17) is 0 Å². The molecule has 0 saturated carbocycles. The van der Waals surface area contributed by atoms with Crippen LogP contribution in [0.15, 0.2) is 29.2 Å². The van der Waals surface area contributed by atoms with Crippen LogP contribution in [0.25, 0.3) is 0 Å². The molecule has 1 aliphatic rings. The van der Waals surface area contributed by atoms with Gasteiger partial charge in [0.2, 0.25) is 10.0 Å². The van der Waals surface area contributed by atoms with E-state index in [0.717, 1.165) is 31.6 Å². The molecule has 0 radical (unpaired) electrons. The summed E-state index contributed by atoms with van der Waals surface area (Å²) < 4.78 is 27.1. The lowest BCUT2D eigenvalue weighted by Crippen LogP contribution is -2.48. The van der Waals surface area contributed by atoms with Crippen molar-refractivity contribution in [1.82, 2.24) is 9.21 Å². The Balaban J connectivity index is 2.11. The second kappa shape index (κ2) is 6.69. The summed E-state index contributed by atoms with van der Waals surface area (Å²) in [6, 6.07) is 7.35. The zero-order valence-electron chi connectivity index (χ0n) is 14.2. The van der Waals surface area contributed by atoms with Gasteiger partial charge >= 0.3 is 0 Å². The first-order valence-corrected chi connectivity index (χ1v) is 9.52. The highest BCUT2D eigenvalue weighted by Crippen LogP contribution is 2.25. The molecule has 1 saturated heterocycles. The quantitative estimate of drug-likeness (QED) is 0.855. The van der Waals surface area contributed by atoms with Gasteiger partial charge in [0.1, 0.15) is 0 Å². The van der Waals surface area contributed by atoms with Crippen LogP contribution in [0.1, 0.15) is 39.7 Å². The van der Waals surface area contributed by atoms with Gasteiger partial charge in [0, 0.05) is 26.2 Å². The third kappa shape index (κ3) is 3.89. The largest absolute Gasteiger partial charge is 0.301 e. The van der Waals surface area contributed by atoms with Crippen LogP contribution < -0.4 is 0 Å². The molecule has 0 bridgehead atoms. The summed E-state index contributed by atoms with van der Waals surface area (Å²) in [4.78, 5) is 2.73. The van der Waals surface area contributed by atoms with Crippen molar-refractivity contribution >= 4 is 10.0 Å². The smallest absolute Gasteiger partial charge is 0.243 e. The van der Waals surface area contributed by atoms with E-state index in [0.29, 0.717) is 18.0 Å². The number of piperazine rings is 1. The fraction of sp³-hybridized carbons (Fsp3) is 0.647. The van der Waals surface area contributed by atoms with E-state index >= 15 is 0 Å². The molecule has 1 aliphatic heterocycles. The van der Waals surface area contributed by atoms with Gasteiger partial charge in [-0.05, 0) is 36.1 Å². The number of nitrogens with zero attached hydrogens (tertiary/aromatic N) is 2. The van der Waals surface area contributed by atoms with Crippen molar-refractivity contribution in [2.24, 2.45) is 0 Å². The maximum atomic E-state index is 12.7. The van der Waals surface area contributed by atoms with Crippen molar-refractivity contribution < 1.29 is 8.42 Å². The molecule has 4 nitrogen and oxygen atoms in total. The molecular formula is C17H28N2O2S. The Bertz CT molecular complexity index is 580. The first-order valence-electron chi connectivity index (χ1n) is 8.08. The lowest BCUT2D eigenvalue weighted by atomic mass is 9.87. The normalized spacial score (nSPS) is 18.5. The summed E-state index contributed by atoms with van der Waals surface area (Å²) in [5.41, 5.74) is 1.19. The Hall–Kier alpha value is -0.910. The molecule has 0 atom stereocenters. The number of rotatable bonds is 4. The molecule has 22 heavy (non-hydrogen) atoms. The van der Waals surface area contributed by atoms with Crippen LogP contribution in [0.4, 0.5) is 0 Å². The van der Waals surface area contributed by atoms with E-state index in [1.165, 1.54) is 0 Å². The van der Waals surface area contributed by atoms with E-state index in [2.05, 4.69) is 32.6 Å². The van der Waals surface area contributed by atoms with E-state index in [1.54, 1.807) is 16.4 Å². The highest BCUT2D eigenvalue weighted by atomic mass is 32.2. The van der Waals surface area contributed by atoms with Crippen LogP contribution in [-0.2, 0) is 15.4 Å². The predicted octanol–water partition coefficient (Wildman–Crippen LogP) is 2.70. The zero-order chi connectivity index (χ0) is 16.4. The lowest BCUT2D eigenvalue weighted by Gasteiger charge is -2.33. The summed E-state index contributed by atoms with van der Waals surface area (Å²) in [7, 11) is -3.36. The average molecular weight is 324 g/mol. The van der Waals surface area contributed by atoms with Crippen LogP contribution >= 0.6 is 0 Å². The first-order chi connectivity index (χ1) is 10.2. The molecule has 1 aromatic rings. The Morgan fingerprint density at radius 3 is 2.00 bits per heavy atom. The summed E-state index contributed by atoms with van der Waals surface area (Å²) in [6.07, 6.45) is 1.11. The molecule has 1 aromatic carbocycles. The molecule has 1 fully saturated rings. The Kier molecular flexibility index (Phi) is 5.30. The summed E-state index contributed by atoms with van der Waals surface area (Å²) >= 11 is 0. The molecule has 2 rings (SSSR count). The van der Waals surface area contributed by atoms with Crippen LogP contribution in [0, 0.1) is 0 Å². The van der Waals surface area contributed by atoms with Gasteiger partial charge in [-0.2, -0.15) is 4.31 Å². The van der Waals surface area contributed by atoms with E-state index in [1.807, 2.05) is 12.1 Å².